The molecule has 0 radical (unpaired) electrons. The van der Waals surface area contributed by atoms with Crippen LogP contribution in [0.2, 0.25) is 0 Å². The fraction of sp³-hybridized carbons (Fsp3) is 0.476. The van der Waals surface area contributed by atoms with Crippen LogP contribution in [0.1, 0.15) is 54.7 Å². The van der Waals surface area contributed by atoms with E-state index in [2.05, 4.69) is 22.8 Å². The number of thiophene rings is 1. The van der Waals surface area contributed by atoms with E-state index in [4.69, 9.17) is 20.0 Å². The molecule has 6 nitrogen and oxygen atoms in total. The number of hydrogen-bond acceptors (Lipinski definition) is 5. The maximum absolute atomic E-state index is 12.8. The first-order chi connectivity index (χ1) is 14.0. The number of carbonyl (C=O) groups excluding carboxylic acids is 1. The third-order valence-corrected chi connectivity index (χ3v) is 7.32. The second kappa shape index (κ2) is 10.0. The second-order valence-corrected chi connectivity index (χ2v) is 9.28. The number of allylic oxidation sites excluding steroid dienone is 2. The lowest BCUT2D eigenvalue weighted by molar-refractivity contribution is -0.120. The molecule has 29 heavy (non-hydrogen) atoms. The summed E-state index contributed by atoms with van der Waals surface area (Å²) in [5.74, 6) is 0.285. The van der Waals surface area contributed by atoms with Gasteiger partial charge in [0.15, 0.2) is 0 Å². The standard InChI is InChI=1S/C20H24N2OS2.CH2O3/c1-13-12-24-19(21-13)17-15-10-6-3-7-11-16(15)25-20(17)22-18(23)14-8-4-2-5-9-14;2-1(3)4/h2,4,12,14H,3,5-11H2,1H3,(H,22,23);(H2,2,3,4). The van der Waals surface area contributed by atoms with Crippen molar-refractivity contribution in [1.29, 1.82) is 0 Å². The van der Waals surface area contributed by atoms with Crippen molar-refractivity contribution in [2.75, 3.05) is 5.32 Å². The highest BCUT2D eigenvalue weighted by atomic mass is 32.1. The molecule has 2 aromatic rings. The van der Waals surface area contributed by atoms with Gasteiger partial charge in [-0.05, 0) is 57.4 Å². The van der Waals surface area contributed by atoms with E-state index in [1.54, 1.807) is 22.7 Å². The lowest BCUT2D eigenvalue weighted by Gasteiger charge is -2.17. The topological polar surface area (TPSA) is 99.5 Å². The van der Waals surface area contributed by atoms with Crippen LogP contribution in [-0.4, -0.2) is 27.3 Å². The highest BCUT2D eigenvalue weighted by molar-refractivity contribution is 7.18. The fourth-order valence-corrected chi connectivity index (χ4v) is 6.00. The van der Waals surface area contributed by atoms with E-state index < -0.39 is 6.16 Å². The summed E-state index contributed by atoms with van der Waals surface area (Å²) < 4.78 is 0. The molecular formula is C21H26N2O4S2. The number of aromatic nitrogens is 1. The van der Waals surface area contributed by atoms with Crippen molar-refractivity contribution < 1.29 is 19.8 Å². The van der Waals surface area contributed by atoms with Gasteiger partial charge in [-0.25, -0.2) is 9.78 Å². The molecule has 2 aliphatic carbocycles. The van der Waals surface area contributed by atoms with E-state index in [1.807, 2.05) is 6.92 Å². The molecule has 2 heterocycles. The van der Waals surface area contributed by atoms with Crippen molar-refractivity contribution in [2.45, 2.75) is 58.3 Å². The van der Waals surface area contributed by atoms with Crippen molar-refractivity contribution in [3.63, 3.8) is 0 Å². The first-order valence-electron chi connectivity index (χ1n) is 9.90. The number of nitrogens with one attached hydrogen (secondary N) is 1. The molecule has 3 N–H and O–H groups in total. The fourth-order valence-electron chi connectivity index (χ4n) is 3.77. The van der Waals surface area contributed by atoms with Crippen LogP contribution in [0.15, 0.2) is 17.5 Å². The van der Waals surface area contributed by atoms with Gasteiger partial charge in [-0.2, -0.15) is 0 Å². The number of amides is 1. The van der Waals surface area contributed by atoms with Crippen LogP contribution in [0.3, 0.4) is 0 Å². The molecule has 0 saturated carbocycles. The first-order valence-corrected chi connectivity index (χ1v) is 11.6. The van der Waals surface area contributed by atoms with E-state index in [9.17, 15) is 4.79 Å². The van der Waals surface area contributed by atoms with E-state index >= 15 is 0 Å². The van der Waals surface area contributed by atoms with Gasteiger partial charge in [0.2, 0.25) is 5.91 Å². The van der Waals surface area contributed by atoms with Gasteiger partial charge >= 0.3 is 6.16 Å². The molecule has 0 aliphatic heterocycles. The van der Waals surface area contributed by atoms with Gasteiger partial charge in [0.05, 0.1) is 0 Å². The van der Waals surface area contributed by atoms with Crippen molar-refractivity contribution in [3.05, 3.63) is 33.7 Å². The van der Waals surface area contributed by atoms with Crippen molar-refractivity contribution in [1.82, 2.24) is 4.98 Å². The Morgan fingerprint density at radius 2 is 1.93 bits per heavy atom. The number of carboxylic acid groups (broad SMARTS) is 2. The van der Waals surface area contributed by atoms with Crippen molar-refractivity contribution in [2.24, 2.45) is 5.92 Å². The smallest absolute Gasteiger partial charge is 0.450 e. The Morgan fingerprint density at radius 3 is 2.59 bits per heavy atom. The molecule has 0 aromatic carbocycles. The summed E-state index contributed by atoms with van der Waals surface area (Å²) in [6, 6.07) is 0. The van der Waals surface area contributed by atoms with Crippen LogP contribution in [-0.2, 0) is 17.6 Å². The monoisotopic (exact) mass is 434 g/mol. The number of anilines is 1. The minimum atomic E-state index is -1.83. The molecule has 0 fully saturated rings. The lowest BCUT2D eigenvalue weighted by Crippen LogP contribution is -2.23. The lowest BCUT2D eigenvalue weighted by atomic mass is 9.93. The summed E-state index contributed by atoms with van der Waals surface area (Å²) in [5.41, 5.74) is 3.71. The Labute approximate surface area is 178 Å². The molecule has 4 rings (SSSR count). The maximum Gasteiger partial charge on any atom is 0.503 e. The summed E-state index contributed by atoms with van der Waals surface area (Å²) in [6.45, 7) is 2.04. The van der Waals surface area contributed by atoms with Gasteiger partial charge in [0.1, 0.15) is 10.0 Å². The van der Waals surface area contributed by atoms with E-state index in [-0.39, 0.29) is 11.8 Å². The molecular weight excluding hydrogens is 408 g/mol. The number of aryl methyl sites for hydroxylation is 2. The minimum absolute atomic E-state index is 0.109. The van der Waals surface area contributed by atoms with Gasteiger partial charge in [-0.3, -0.25) is 4.79 Å². The van der Waals surface area contributed by atoms with Crippen molar-refractivity contribution >= 4 is 39.7 Å². The SMILES string of the molecule is Cc1csc(-c2c(NC(=O)C3CC=CCC3)sc3c2CCCCC3)n1.O=C(O)O. The normalized spacial score (nSPS) is 18.2. The third kappa shape index (κ3) is 5.67. The Balaban J connectivity index is 0.000000552. The van der Waals surface area contributed by atoms with Crippen LogP contribution in [0.4, 0.5) is 9.80 Å². The molecule has 1 atom stereocenters. The molecule has 0 spiro atoms. The van der Waals surface area contributed by atoms with Gasteiger partial charge < -0.3 is 15.5 Å². The van der Waals surface area contributed by atoms with Crippen LogP contribution in [0.5, 0.6) is 0 Å². The van der Waals surface area contributed by atoms with Gasteiger partial charge in [0.25, 0.3) is 0 Å². The molecule has 2 aliphatic rings. The molecule has 8 heteroatoms. The van der Waals surface area contributed by atoms with E-state index in [0.717, 1.165) is 47.8 Å². The Hall–Kier alpha value is -2.19. The summed E-state index contributed by atoms with van der Waals surface area (Å²) in [5, 5.41) is 21.4. The van der Waals surface area contributed by atoms with E-state index in [1.165, 1.54) is 35.3 Å². The summed E-state index contributed by atoms with van der Waals surface area (Å²) >= 11 is 3.49. The van der Waals surface area contributed by atoms with Crippen LogP contribution in [0.25, 0.3) is 10.6 Å². The summed E-state index contributed by atoms with van der Waals surface area (Å²) in [4.78, 5) is 27.5. The van der Waals surface area contributed by atoms with Crippen LogP contribution in [0, 0.1) is 12.8 Å². The van der Waals surface area contributed by atoms with Crippen LogP contribution >= 0.6 is 22.7 Å². The summed E-state index contributed by atoms with van der Waals surface area (Å²) in [6.07, 6.45) is 11.4. The van der Waals surface area contributed by atoms with Crippen LogP contribution < -0.4 is 5.32 Å². The predicted molar refractivity (Wildman–Crippen MR) is 117 cm³/mol. The number of fused-ring (bicyclic) bond motifs is 1. The Kier molecular flexibility index (Phi) is 7.44. The maximum atomic E-state index is 12.8. The molecule has 0 bridgehead atoms. The van der Waals surface area contributed by atoms with Gasteiger partial charge in [0, 0.05) is 27.4 Å². The minimum Gasteiger partial charge on any atom is -0.450 e. The van der Waals surface area contributed by atoms with Crippen molar-refractivity contribution in [3.8, 4) is 10.6 Å². The van der Waals surface area contributed by atoms with Gasteiger partial charge in [-0.1, -0.05) is 18.6 Å². The largest absolute Gasteiger partial charge is 0.503 e. The number of thiazole rings is 1. The Morgan fingerprint density at radius 1 is 1.17 bits per heavy atom. The quantitative estimate of drug-likeness (QED) is 0.408. The molecule has 0 saturated heterocycles. The predicted octanol–water partition coefficient (Wildman–Crippen LogP) is 5.97. The zero-order chi connectivity index (χ0) is 20.8. The number of rotatable bonds is 3. The highest BCUT2D eigenvalue weighted by Gasteiger charge is 2.26. The summed E-state index contributed by atoms with van der Waals surface area (Å²) in [7, 11) is 0. The van der Waals surface area contributed by atoms with Gasteiger partial charge in [-0.15, -0.1) is 22.7 Å². The second-order valence-electron chi connectivity index (χ2n) is 7.32. The highest BCUT2D eigenvalue weighted by Crippen LogP contribution is 2.45. The number of hydrogen-bond donors (Lipinski definition) is 3. The average molecular weight is 435 g/mol. The number of nitrogens with zero attached hydrogens (tertiary/aromatic N) is 1. The molecule has 1 amide bonds. The molecule has 156 valence electrons. The average Bonchev–Trinajstić information content (AvgIpc) is 3.17. The molecule has 1 unspecified atom stereocenters. The zero-order valence-electron chi connectivity index (χ0n) is 16.4. The molecule has 2 aromatic heterocycles. The number of carbonyl (C=O) groups is 2. The first kappa shape index (κ1) is 21.5. The third-order valence-electron chi connectivity index (χ3n) is 5.13. The Bertz CT molecular complexity index is 897. The van der Waals surface area contributed by atoms with E-state index in [0.29, 0.717) is 0 Å². The zero-order valence-corrected chi connectivity index (χ0v) is 18.1.